The Kier molecular flexibility index (Phi) is 3.54. The first-order valence-electron chi connectivity index (χ1n) is 7.45. The second-order valence-corrected chi connectivity index (χ2v) is 6.70. The van der Waals surface area contributed by atoms with Crippen LogP contribution in [-0.2, 0) is 4.74 Å². The van der Waals surface area contributed by atoms with Gasteiger partial charge in [0.1, 0.15) is 17.2 Å². The van der Waals surface area contributed by atoms with Crippen molar-refractivity contribution in [2.45, 2.75) is 38.7 Å². The summed E-state index contributed by atoms with van der Waals surface area (Å²) >= 11 is 0. The van der Waals surface area contributed by atoms with E-state index < -0.39 is 5.60 Å². The Morgan fingerprint density at radius 2 is 2.23 bits per heavy atom. The van der Waals surface area contributed by atoms with Gasteiger partial charge in [-0.25, -0.2) is 14.2 Å². The zero-order chi connectivity index (χ0) is 15.9. The molecule has 0 spiro atoms. The molecule has 1 saturated heterocycles. The zero-order valence-corrected chi connectivity index (χ0v) is 13.0. The van der Waals surface area contributed by atoms with Gasteiger partial charge in [-0.15, -0.1) is 0 Å². The molecule has 22 heavy (non-hydrogen) atoms. The number of hydrogen-bond donors (Lipinski definition) is 1. The molecule has 2 heterocycles. The molecule has 5 nitrogen and oxygen atoms in total. The van der Waals surface area contributed by atoms with E-state index in [2.05, 4.69) is 9.97 Å². The molecular weight excluding hydrogens is 285 g/mol. The Bertz CT molecular complexity index is 705. The van der Waals surface area contributed by atoms with Gasteiger partial charge >= 0.3 is 6.09 Å². The van der Waals surface area contributed by atoms with E-state index in [-0.39, 0.29) is 17.8 Å². The molecule has 0 saturated carbocycles. The number of halogens is 1. The number of rotatable bonds is 1. The Morgan fingerprint density at radius 3 is 2.95 bits per heavy atom. The van der Waals surface area contributed by atoms with E-state index in [4.69, 9.17) is 4.74 Å². The van der Waals surface area contributed by atoms with Crippen LogP contribution in [0.3, 0.4) is 0 Å². The van der Waals surface area contributed by atoms with Gasteiger partial charge in [-0.3, -0.25) is 0 Å². The summed E-state index contributed by atoms with van der Waals surface area (Å²) in [7, 11) is 0. The number of carbonyl (C=O) groups excluding carboxylic acids is 1. The minimum Gasteiger partial charge on any atom is -0.444 e. The van der Waals surface area contributed by atoms with Crippen molar-refractivity contribution in [3.8, 4) is 0 Å². The van der Waals surface area contributed by atoms with Crippen LogP contribution < -0.4 is 0 Å². The van der Waals surface area contributed by atoms with Crippen molar-refractivity contribution in [2.24, 2.45) is 0 Å². The van der Waals surface area contributed by atoms with Crippen molar-refractivity contribution in [1.82, 2.24) is 14.9 Å². The van der Waals surface area contributed by atoms with E-state index in [1.54, 1.807) is 11.0 Å². The third-order valence-electron chi connectivity index (χ3n) is 3.69. The van der Waals surface area contributed by atoms with Crippen molar-refractivity contribution in [1.29, 1.82) is 0 Å². The second kappa shape index (κ2) is 5.26. The molecule has 3 rings (SSSR count). The van der Waals surface area contributed by atoms with Crippen LogP contribution in [0.25, 0.3) is 11.0 Å². The number of aromatic nitrogens is 2. The topological polar surface area (TPSA) is 58.2 Å². The number of hydrogen-bond acceptors (Lipinski definition) is 3. The molecular formula is C16H20FN3O2. The number of nitrogens with zero attached hydrogens (tertiary/aromatic N) is 2. The minimum absolute atomic E-state index is 0.128. The minimum atomic E-state index is -0.494. The monoisotopic (exact) mass is 305 g/mol. The summed E-state index contributed by atoms with van der Waals surface area (Å²) in [6, 6.07) is 4.49. The van der Waals surface area contributed by atoms with E-state index in [1.165, 1.54) is 12.1 Å². The standard InChI is InChI=1S/C16H20FN3O2/c1-16(2,3)22-15(21)20-7-6-10(9-20)14-18-12-5-4-11(17)8-13(12)19-14/h4-5,8,10H,6-7,9H2,1-3H3,(H,18,19). The number of carbonyl (C=O) groups is 1. The van der Waals surface area contributed by atoms with Gasteiger partial charge in [0, 0.05) is 19.0 Å². The fraction of sp³-hybridized carbons (Fsp3) is 0.500. The number of ether oxygens (including phenoxy) is 1. The molecule has 1 N–H and O–H groups in total. The summed E-state index contributed by atoms with van der Waals surface area (Å²) in [5.74, 6) is 0.638. The van der Waals surface area contributed by atoms with Gasteiger partial charge < -0.3 is 14.6 Å². The Balaban J connectivity index is 1.72. The molecule has 0 radical (unpaired) electrons. The van der Waals surface area contributed by atoms with E-state index >= 15 is 0 Å². The van der Waals surface area contributed by atoms with Crippen molar-refractivity contribution >= 4 is 17.1 Å². The summed E-state index contributed by atoms with van der Waals surface area (Å²) in [6.07, 6.45) is 0.527. The summed E-state index contributed by atoms with van der Waals surface area (Å²) in [5, 5.41) is 0. The Morgan fingerprint density at radius 1 is 1.45 bits per heavy atom. The number of amides is 1. The number of fused-ring (bicyclic) bond motifs is 1. The summed E-state index contributed by atoms with van der Waals surface area (Å²) < 4.78 is 18.6. The number of aromatic amines is 1. The van der Waals surface area contributed by atoms with Gasteiger partial charge in [0.15, 0.2) is 0 Å². The molecule has 118 valence electrons. The largest absolute Gasteiger partial charge is 0.444 e. The number of benzene rings is 1. The second-order valence-electron chi connectivity index (χ2n) is 6.70. The van der Waals surface area contributed by atoms with Crippen LogP contribution in [0.1, 0.15) is 38.9 Å². The first kappa shape index (κ1) is 14.8. The van der Waals surface area contributed by atoms with E-state index in [1.807, 2.05) is 20.8 Å². The maximum atomic E-state index is 13.2. The van der Waals surface area contributed by atoms with Gasteiger partial charge in [0.05, 0.1) is 11.0 Å². The summed E-state index contributed by atoms with van der Waals surface area (Å²) in [4.78, 5) is 21.4. The molecule has 1 aromatic heterocycles. The Hall–Kier alpha value is -2.11. The van der Waals surface area contributed by atoms with Crippen LogP contribution >= 0.6 is 0 Å². The van der Waals surface area contributed by atoms with Crippen LogP contribution in [0.2, 0.25) is 0 Å². The van der Waals surface area contributed by atoms with Crippen LogP contribution in [0.5, 0.6) is 0 Å². The highest BCUT2D eigenvalue weighted by Crippen LogP contribution is 2.28. The highest BCUT2D eigenvalue weighted by molar-refractivity contribution is 5.75. The fourth-order valence-corrected chi connectivity index (χ4v) is 2.67. The lowest BCUT2D eigenvalue weighted by Crippen LogP contribution is -2.35. The molecule has 6 heteroatoms. The van der Waals surface area contributed by atoms with Gasteiger partial charge in [0.2, 0.25) is 0 Å². The molecule has 1 aliphatic rings. The lowest BCUT2D eigenvalue weighted by Gasteiger charge is -2.24. The van der Waals surface area contributed by atoms with Crippen molar-refractivity contribution < 1.29 is 13.9 Å². The molecule has 1 unspecified atom stereocenters. The predicted octanol–water partition coefficient (Wildman–Crippen LogP) is 3.43. The first-order valence-corrected chi connectivity index (χ1v) is 7.45. The lowest BCUT2D eigenvalue weighted by atomic mass is 10.1. The Labute approximate surface area is 128 Å². The predicted molar refractivity (Wildman–Crippen MR) is 81.2 cm³/mol. The quantitative estimate of drug-likeness (QED) is 0.878. The zero-order valence-electron chi connectivity index (χ0n) is 13.0. The number of H-pyrrole nitrogens is 1. The maximum Gasteiger partial charge on any atom is 0.410 e. The van der Waals surface area contributed by atoms with E-state index in [0.29, 0.717) is 18.6 Å². The summed E-state index contributed by atoms with van der Waals surface area (Å²) in [5.41, 5.74) is 0.935. The van der Waals surface area contributed by atoms with Crippen molar-refractivity contribution in [3.05, 3.63) is 29.8 Å². The van der Waals surface area contributed by atoms with Crippen LogP contribution in [0.15, 0.2) is 18.2 Å². The average molecular weight is 305 g/mol. The van der Waals surface area contributed by atoms with Crippen molar-refractivity contribution in [2.75, 3.05) is 13.1 Å². The van der Waals surface area contributed by atoms with Crippen LogP contribution in [-0.4, -0.2) is 39.7 Å². The van der Waals surface area contributed by atoms with Gasteiger partial charge in [-0.1, -0.05) is 0 Å². The smallest absolute Gasteiger partial charge is 0.410 e. The van der Waals surface area contributed by atoms with Gasteiger partial charge in [0.25, 0.3) is 0 Å². The number of imidazole rings is 1. The molecule has 0 bridgehead atoms. The van der Waals surface area contributed by atoms with Gasteiger partial charge in [-0.2, -0.15) is 0 Å². The molecule has 0 aliphatic carbocycles. The molecule has 1 fully saturated rings. The molecule has 2 aromatic rings. The lowest BCUT2D eigenvalue weighted by molar-refractivity contribution is 0.0292. The molecule has 1 amide bonds. The normalized spacial score (nSPS) is 18.9. The fourth-order valence-electron chi connectivity index (χ4n) is 2.67. The average Bonchev–Trinajstić information content (AvgIpc) is 3.02. The third-order valence-corrected chi connectivity index (χ3v) is 3.69. The highest BCUT2D eigenvalue weighted by atomic mass is 19.1. The summed E-state index contributed by atoms with van der Waals surface area (Å²) in [6.45, 7) is 6.77. The maximum absolute atomic E-state index is 13.2. The third kappa shape index (κ3) is 3.05. The van der Waals surface area contributed by atoms with E-state index in [9.17, 15) is 9.18 Å². The first-order chi connectivity index (χ1) is 10.3. The SMILES string of the molecule is CC(C)(C)OC(=O)N1CCC(c2nc3ccc(F)cc3[nH]2)C1. The number of likely N-dealkylation sites (tertiary alicyclic amines) is 1. The highest BCUT2D eigenvalue weighted by Gasteiger charge is 2.32. The molecule has 1 aromatic carbocycles. The molecule has 1 atom stereocenters. The molecule has 1 aliphatic heterocycles. The van der Waals surface area contributed by atoms with Crippen LogP contribution in [0.4, 0.5) is 9.18 Å². The number of nitrogens with one attached hydrogen (secondary N) is 1. The van der Waals surface area contributed by atoms with Crippen LogP contribution in [0, 0.1) is 5.82 Å². The van der Waals surface area contributed by atoms with E-state index in [0.717, 1.165) is 17.8 Å². The van der Waals surface area contributed by atoms with Crippen molar-refractivity contribution in [3.63, 3.8) is 0 Å². The van der Waals surface area contributed by atoms with Gasteiger partial charge in [-0.05, 0) is 45.4 Å².